The first-order valence-corrected chi connectivity index (χ1v) is 15.5. The number of rotatable bonds is 4. The molecule has 7 aromatic carbocycles. The molecule has 0 aliphatic rings. The minimum atomic E-state index is 0.645. The Balaban J connectivity index is 1.26. The number of fused-ring (bicyclic) bond motifs is 6. The molecule has 9 aromatic rings. The van der Waals surface area contributed by atoms with Crippen LogP contribution in [0.5, 0.6) is 0 Å². The maximum atomic E-state index is 7.36. The first-order valence-electron chi connectivity index (χ1n) is 15.5. The van der Waals surface area contributed by atoms with Crippen LogP contribution in [0.2, 0.25) is 0 Å². The first kappa shape index (κ1) is 26.1. The Bertz CT molecular complexity index is 2620. The third kappa shape index (κ3) is 4.05. The molecular formula is C43H27N3. The van der Waals surface area contributed by atoms with Gasteiger partial charge in [0.1, 0.15) is 0 Å². The van der Waals surface area contributed by atoms with Gasteiger partial charge in [0.2, 0.25) is 0 Å². The number of aromatic nitrogens is 2. The molecule has 46 heavy (non-hydrogen) atoms. The fraction of sp³-hybridized carbons (Fsp3) is 0. The van der Waals surface area contributed by atoms with Crippen molar-refractivity contribution in [1.29, 1.82) is 0 Å². The van der Waals surface area contributed by atoms with Crippen molar-refractivity contribution < 1.29 is 0 Å². The fourth-order valence-electron chi connectivity index (χ4n) is 6.98. The molecule has 0 bridgehead atoms. The van der Waals surface area contributed by atoms with E-state index >= 15 is 0 Å². The molecule has 0 saturated heterocycles. The molecule has 3 nitrogen and oxygen atoms in total. The van der Waals surface area contributed by atoms with Crippen LogP contribution in [-0.2, 0) is 0 Å². The van der Waals surface area contributed by atoms with E-state index in [0.29, 0.717) is 5.69 Å². The topological polar surface area (TPSA) is 14.2 Å². The highest BCUT2D eigenvalue weighted by Crippen LogP contribution is 2.39. The summed E-state index contributed by atoms with van der Waals surface area (Å²) in [7, 11) is 0. The molecule has 0 spiro atoms. The van der Waals surface area contributed by atoms with Crippen LogP contribution in [-0.4, -0.2) is 9.13 Å². The summed E-state index contributed by atoms with van der Waals surface area (Å²) in [4.78, 5) is 3.58. The van der Waals surface area contributed by atoms with Gasteiger partial charge in [-0.25, -0.2) is 4.85 Å². The van der Waals surface area contributed by atoms with E-state index in [-0.39, 0.29) is 0 Å². The Morgan fingerprint density at radius 3 is 1.35 bits per heavy atom. The van der Waals surface area contributed by atoms with Crippen molar-refractivity contribution in [2.75, 3.05) is 0 Å². The van der Waals surface area contributed by atoms with Crippen LogP contribution in [0.4, 0.5) is 5.69 Å². The molecule has 214 valence electrons. The zero-order chi connectivity index (χ0) is 30.6. The van der Waals surface area contributed by atoms with Crippen molar-refractivity contribution in [3.8, 4) is 33.6 Å². The smallest absolute Gasteiger partial charge is 0.187 e. The average Bonchev–Trinajstić information content (AvgIpc) is 3.64. The highest BCUT2D eigenvalue weighted by atomic mass is 15.0. The van der Waals surface area contributed by atoms with Crippen molar-refractivity contribution in [2.45, 2.75) is 0 Å². The van der Waals surface area contributed by atoms with E-state index in [9.17, 15) is 0 Å². The largest absolute Gasteiger partial charge is 0.309 e. The predicted octanol–water partition coefficient (Wildman–Crippen LogP) is 11.8. The maximum Gasteiger partial charge on any atom is 0.187 e. The van der Waals surface area contributed by atoms with Gasteiger partial charge in [-0.15, -0.1) is 0 Å². The summed E-state index contributed by atoms with van der Waals surface area (Å²) < 4.78 is 4.67. The lowest BCUT2D eigenvalue weighted by atomic mass is 9.99. The Hall–Kier alpha value is -6.37. The van der Waals surface area contributed by atoms with Gasteiger partial charge in [0.05, 0.1) is 28.6 Å². The molecule has 0 aliphatic heterocycles. The van der Waals surface area contributed by atoms with Crippen LogP contribution >= 0.6 is 0 Å². The minimum absolute atomic E-state index is 0.645. The number of para-hydroxylation sites is 2. The maximum absolute atomic E-state index is 7.36. The van der Waals surface area contributed by atoms with Crippen molar-refractivity contribution in [1.82, 2.24) is 9.13 Å². The third-order valence-corrected chi connectivity index (χ3v) is 9.13. The van der Waals surface area contributed by atoms with Crippen LogP contribution in [0.1, 0.15) is 0 Å². The van der Waals surface area contributed by atoms with Crippen molar-refractivity contribution in [3.05, 3.63) is 175 Å². The summed E-state index contributed by atoms with van der Waals surface area (Å²) in [5, 5.41) is 4.89. The van der Waals surface area contributed by atoms with Crippen LogP contribution in [0.3, 0.4) is 0 Å². The number of benzene rings is 7. The molecule has 0 radical (unpaired) electrons. The summed E-state index contributed by atoms with van der Waals surface area (Å²) in [5.74, 6) is 0. The van der Waals surface area contributed by atoms with E-state index in [2.05, 4.69) is 154 Å². The number of hydrogen-bond acceptors (Lipinski definition) is 0. The molecule has 9 rings (SSSR count). The first-order chi connectivity index (χ1) is 22.8. The zero-order valence-electron chi connectivity index (χ0n) is 24.9. The van der Waals surface area contributed by atoms with Gasteiger partial charge < -0.3 is 9.13 Å². The lowest BCUT2D eigenvalue weighted by molar-refractivity contribution is 1.18. The molecule has 0 aliphatic carbocycles. The van der Waals surface area contributed by atoms with Crippen molar-refractivity contribution >= 4 is 49.3 Å². The van der Waals surface area contributed by atoms with E-state index in [0.717, 1.165) is 22.4 Å². The van der Waals surface area contributed by atoms with Gasteiger partial charge in [0.25, 0.3) is 0 Å². The van der Waals surface area contributed by atoms with Gasteiger partial charge in [-0.2, -0.15) is 0 Å². The molecule has 2 aromatic heterocycles. The number of hydrogen-bond donors (Lipinski definition) is 0. The van der Waals surface area contributed by atoms with Crippen molar-refractivity contribution in [3.63, 3.8) is 0 Å². The molecule has 2 heterocycles. The number of nitrogens with zero attached hydrogens (tertiary/aromatic N) is 3. The lowest BCUT2D eigenvalue weighted by Gasteiger charge is -2.09. The quantitative estimate of drug-likeness (QED) is 0.182. The summed E-state index contributed by atoms with van der Waals surface area (Å²) in [6, 6.07) is 58.2. The van der Waals surface area contributed by atoms with E-state index in [1.807, 2.05) is 24.3 Å². The zero-order valence-corrected chi connectivity index (χ0v) is 24.9. The van der Waals surface area contributed by atoms with E-state index < -0.39 is 0 Å². The second-order valence-corrected chi connectivity index (χ2v) is 11.7. The monoisotopic (exact) mass is 585 g/mol. The van der Waals surface area contributed by atoms with Gasteiger partial charge in [-0.3, -0.25) is 0 Å². The highest BCUT2D eigenvalue weighted by molar-refractivity contribution is 6.13. The van der Waals surface area contributed by atoms with Crippen LogP contribution < -0.4 is 0 Å². The Kier molecular flexibility index (Phi) is 5.88. The van der Waals surface area contributed by atoms with E-state index in [1.165, 1.54) is 54.8 Å². The van der Waals surface area contributed by atoms with E-state index in [4.69, 9.17) is 6.57 Å². The Morgan fingerprint density at radius 2 is 0.783 bits per heavy atom. The molecule has 0 N–H and O–H groups in total. The molecule has 0 saturated carbocycles. The van der Waals surface area contributed by atoms with Crippen LogP contribution in [0.25, 0.3) is 82.1 Å². The lowest BCUT2D eigenvalue weighted by Crippen LogP contribution is -1.93. The summed E-state index contributed by atoms with van der Waals surface area (Å²) in [6.07, 6.45) is 0. The normalized spacial score (nSPS) is 11.5. The summed E-state index contributed by atoms with van der Waals surface area (Å²) in [6.45, 7) is 7.36. The summed E-state index contributed by atoms with van der Waals surface area (Å²) >= 11 is 0. The molecule has 0 unspecified atom stereocenters. The Labute approximate surface area is 266 Å². The fourth-order valence-corrected chi connectivity index (χ4v) is 6.98. The standard InChI is InChI=1S/C43H27N3/c1-44-33-19-21-35(22-20-33)46-40-15-9-8-14-36(40)37-27-31(17-24-41(37)46)32-18-25-43-39(28-32)38-26-30(29-10-4-2-5-11-29)16-23-42(38)45(43)34-12-6-3-7-13-34/h2-28H. The van der Waals surface area contributed by atoms with Crippen LogP contribution in [0, 0.1) is 6.57 Å². The minimum Gasteiger partial charge on any atom is -0.309 e. The van der Waals surface area contributed by atoms with Crippen molar-refractivity contribution in [2.24, 2.45) is 0 Å². The third-order valence-electron chi connectivity index (χ3n) is 9.13. The summed E-state index contributed by atoms with van der Waals surface area (Å²) in [5.41, 5.74) is 12.3. The predicted molar refractivity (Wildman–Crippen MR) is 192 cm³/mol. The van der Waals surface area contributed by atoms with Gasteiger partial charge in [-0.1, -0.05) is 97.1 Å². The van der Waals surface area contributed by atoms with Gasteiger partial charge in [-0.05, 0) is 89.0 Å². The van der Waals surface area contributed by atoms with Gasteiger partial charge in [0, 0.05) is 32.9 Å². The highest BCUT2D eigenvalue weighted by Gasteiger charge is 2.16. The molecule has 3 heteroatoms. The second kappa shape index (κ2) is 10.4. The SMILES string of the molecule is [C-]#[N+]c1ccc(-n2c3ccccc3c3cc(-c4ccc5c(c4)c4cc(-c6ccccc6)ccc4n5-c4ccccc4)ccc32)cc1. The molecule has 0 atom stereocenters. The second-order valence-electron chi connectivity index (χ2n) is 11.7. The van der Waals surface area contributed by atoms with Gasteiger partial charge in [0.15, 0.2) is 5.69 Å². The van der Waals surface area contributed by atoms with E-state index in [1.54, 1.807) is 0 Å². The average molecular weight is 586 g/mol. The van der Waals surface area contributed by atoms with Crippen LogP contribution in [0.15, 0.2) is 164 Å². The Morgan fingerprint density at radius 1 is 0.348 bits per heavy atom. The molecule has 0 fully saturated rings. The van der Waals surface area contributed by atoms with Gasteiger partial charge >= 0.3 is 0 Å². The molecular weight excluding hydrogens is 558 g/mol. The molecule has 0 amide bonds.